The van der Waals surface area contributed by atoms with Crippen molar-refractivity contribution in [1.29, 1.82) is 0 Å². The first-order valence-corrected chi connectivity index (χ1v) is 8.90. The third-order valence-electron chi connectivity index (χ3n) is 4.40. The highest BCUT2D eigenvalue weighted by atomic mass is 32.1. The van der Waals surface area contributed by atoms with Crippen LogP contribution in [0, 0.1) is 5.92 Å². The topological polar surface area (TPSA) is 64.7 Å². The van der Waals surface area contributed by atoms with Gasteiger partial charge in [-0.2, -0.15) is 11.3 Å². The monoisotopic (exact) mass is 338 g/mol. The molecule has 0 spiro atoms. The molecule has 0 saturated carbocycles. The molecule has 2 N–H and O–H groups in total. The van der Waals surface area contributed by atoms with Gasteiger partial charge >= 0.3 is 6.03 Å². The normalized spacial score (nSPS) is 17.1. The molecule has 128 valence electrons. The number of urea groups is 1. The summed E-state index contributed by atoms with van der Waals surface area (Å²) in [7, 11) is 5.69. The van der Waals surface area contributed by atoms with Gasteiger partial charge in [-0.05, 0) is 49.3 Å². The van der Waals surface area contributed by atoms with Crippen LogP contribution in [0.3, 0.4) is 0 Å². The summed E-state index contributed by atoms with van der Waals surface area (Å²) in [6.45, 7) is 1.85. The summed E-state index contributed by atoms with van der Waals surface area (Å²) in [5.74, 6) is 0.111. The van der Waals surface area contributed by atoms with Gasteiger partial charge in [0, 0.05) is 32.6 Å². The maximum atomic E-state index is 12.3. The van der Waals surface area contributed by atoms with E-state index in [9.17, 15) is 9.59 Å². The van der Waals surface area contributed by atoms with Crippen LogP contribution in [0.15, 0.2) is 16.8 Å². The summed E-state index contributed by atoms with van der Waals surface area (Å²) in [4.78, 5) is 27.9. The number of likely N-dealkylation sites (N-methyl/N-ethyl adjacent to an activating group) is 1. The molecule has 0 aliphatic carbocycles. The maximum Gasteiger partial charge on any atom is 0.317 e. The van der Waals surface area contributed by atoms with E-state index in [1.165, 1.54) is 5.56 Å². The van der Waals surface area contributed by atoms with Gasteiger partial charge < -0.3 is 20.4 Å². The van der Waals surface area contributed by atoms with Gasteiger partial charge in [-0.1, -0.05) is 0 Å². The number of amides is 3. The summed E-state index contributed by atoms with van der Waals surface area (Å²) in [5.41, 5.74) is 1.22. The molecule has 0 aromatic carbocycles. The quantitative estimate of drug-likeness (QED) is 0.855. The van der Waals surface area contributed by atoms with Crippen molar-refractivity contribution in [3.05, 3.63) is 22.4 Å². The lowest BCUT2D eigenvalue weighted by atomic mass is 9.96. The number of carbonyl (C=O) groups excluding carboxylic acids is 2. The molecule has 1 aliphatic heterocycles. The minimum Gasteiger partial charge on any atom is -0.359 e. The van der Waals surface area contributed by atoms with Crippen LogP contribution in [0.25, 0.3) is 0 Å². The number of nitrogens with zero attached hydrogens (tertiary/aromatic N) is 2. The van der Waals surface area contributed by atoms with Crippen LogP contribution in [0.1, 0.15) is 24.4 Å². The molecular formula is C16H26N4O2S. The Bertz CT molecular complexity index is 510. The maximum absolute atomic E-state index is 12.3. The van der Waals surface area contributed by atoms with Gasteiger partial charge in [-0.3, -0.25) is 4.79 Å². The summed E-state index contributed by atoms with van der Waals surface area (Å²) < 4.78 is 0. The standard InChI is InChI=1S/C16H26N4O2S/c1-17-15(21)12-4-7-20(8-5-12)16(22)18-10-14(19(2)3)13-6-9-23-11-13/h6,9,11-12,14H,4-5,7-8,10H2,1-3H3,(H,17,21)(H,18,22)/t14-/m1/s1. The highest BCUT2D eigenvalue weighted by molar-refractivity contribution is 7.07. The minimum atomic E-state index is -0.0394. The summed E-state index contributed by atoms with van der Waals surface area (Å²) in [6.07, 6.45) is 1.46. The molecule has 2 rings (SSSR count). The number of likely N-dealkylation sites (tertiary alicyclic amines) is 1. The second-order valence-electron chi connectivity index (χ2n) is 6.10. The number of carbonyl (C=O) groups is 2. The number of hydrogen-bond acceptors (Lipinski definition) is 4. The molecule has 6 nitrogen and oxygen atoms in total. The van der Waals surface area contributed by atoms with E-state index in [-0.39, 0.29) is 23.9 Å². The van der Waals surface area contributed by atoms with Crippen LogP contribution in [-0.2, 0) is 4.79 Å². The zero-order valence-corrected chi connectivity index (χ0v) is 14.9. The van der Waals surface area contributed by atoms with Crippen molar-refractivity contribution in [2.75, 3.05) is 40.8 Å². The first kappa shape index (κ1) is 17.7. The van der Waals surface area contributed by atoms with Crippen molar-refractivity contribution in [3.8, 4) is 0 Å². The van der Waals surface area contributed by atoms with Crippen molar-refractivity contribution < 1.29 is 9.59 Å². The molecule has 0 radical (unpaired) electrons. The average molecular weight is 338 g/mol. The Morgan fingerprint density at radius 2 is 2.09 bits per heavy atom. The van der Waals surface area contributed by atoms with Crippen molar-refractivity contribution in [3.63, 3.8) is 0 Å². The van der Waals surface area contributed by atoms with Gasteiger partial charge in [0.15, 0.2) is 0 Å². The first-order chi connectivity index (χ1) is 11.0. The van der Waals surface area contributed by atoms with Crippen LogP contribution in [-0.4, -0.2) is 62.5 Å². The second kappa shape index (κ2) is 8.31. The lowest BCUT2D eigenvalue weighted by molar-refractivity contribution is -0.125. The Morgan fingerprint density at radius 1 is 1.39 bits per heavy atom. The Kier molecular flexibility index (Phi) is 6.41. The van der Waals surface area contributed by atoms with E-state index in [1.807, 2.05) is 14.1 Å². The molecular weight excluding hydrogens is 312 g/mol. The van der Waals surface area contributed by atoms with Crippen molar-refractivity contribution in [2.24, 2.45) is 5.92 Å². The van der Waals surface area contributed by atoms with E-state index in [0.717, 1.165) is 12.8 Å². The van der Waals surface area contributed by atoms with Gasteiger partial charge in [0.1, 0.15) is 0 Å². The van der Waals surface area contributed by atoms with E-state index in [0.29, 0.717) is 19.6 Å². The van der Waals surface area contributed by atoms with Crippen molar-refractivity contribution >= 4 is 23.3 Å². The molecule has 2 heterocycles. The molecule has 0 bridgehead atoms. The predicted molar refractivity (Wildman–Crippen MR) is 92.5 cm³/mol. The zero-order chi connectivity index (χ0) is 16.8. The fourth-order valence-corrected chi connectivity index (χ4v) is 3.61. The molecule has 23 heavy (non-hydrogen) atoms. The van der Waals surface area contributed by atoms with Crippen molar-refractivity contribution in [1.82, 2.24) is 20.4 Å². The van der Waals surface area contributed by atoms with E-state index in [2.05, 4.69) is 32.4 Å². The molecule has 7 heteroatoms. The van der Waals surface area contributed by atoms with E-state index in [1.54, 1.807) is 23.3 Å². The Balaban J connectivity index is 1.82. The number of hydrogen-bond donors (Lipinski definition) is 2. The number of thiophene rings is 1. The number of piperidine rings is 1. The van der Waals surface area contributed by atoms with E-state index >= 15 is 0 Å². The SMILES string of the molecule is CNC(=O)C1CCN(C(=O)NC[C@H](c2ccsc2)N(C)C)CC1. The number of nitrogens with one attached hydrogen (secondary N) is 2. The summed E-state index contributed by atoms with van der Waals surface area (Å²) >= 11 is 1.67. The number of rotatable bonds is 5. The van der Waals surface area contributed by atoms with Crippen LogP contribution in [0.2, 0.25) is 0 Å². The molecule has 1 saturated heterocycles. The lowest BCUT2D eigenvalue weighted by Crippen LogP contribution is -2.48. The Labute approximate surface area is 141 Å². The van der Waals surface area contributed by atoms with Gasteiger partial charge in [-0.15, -0.1) is 0 Å². The average Bonchev–Trinajstić information content (AvgIpc) is 3.08. The van der Waals surface area contributed by atoms with Crippen LogP contribution in [0.5, 0.6) is 0 Å². The zero-order valence-electron chi connectivity index (χ0n) is 14.0. The molecule has 1 atom stereocenters. The van der Waals surface area contributed by atoms with Crippen LogP contribution >= 0.6 is 11.3 Å². The summed E-state index contributed by atoms with van der Waals surface area (Å²) in [6, 6.07) is 2.23. The van der Waals surface area contributed by atoms with Crippen molar-refractivity contribution in [2.45, 2.75) is 18.9 Å². The van der Waals surface area contributed by atoms with Gasteiger partial charge in [0.2, 0.25) is 5.91 Å². The third-order valence-corrected chi connectivity index (χ3v) is 5.10. The molecule has 1 fully saturated rings. The van der Waals surface area contributed by atoms with E-state index < -0.39 is 0 Å². The lowest BCUT2D eigenvalue weighted by Gasteiger charge is -2.32. The summed E-state index contributed by atoms with van der Waals surface area (Å²) in [5, 5.41) is 9.88. The highest BCUT2D eigenvalue weighted by Crippen LogP contribution is 2.21. The fourth-order valence-electron chi connectivity index (χ4n) is 2.91. The molecule has 3 amide bonds. The first-order valence-electron chi connectivity index (χ1n) is 7.95. The fraction of sp³-hybridized carbons (Fsp3) is 0.625. The largest absolute Gasteiger partial charge is 0.359 e. The minimum absolute atomic E-state index is 0.0318. The van der Waals surface area contributed by atoms with Gasteiger partial charge in [-0.25, -0.2) is 4.79 Å². The highest BCUT2D eigenvalue weighted by Gasteiger charge is 2.27. The van der Waals surface area contributed by atoms with E-state index in [4.69, 9.17) is 0 Å². The van der Waals surface area contributed by atoms with Gasteiger partial charge in [0.25, 0.3) is 0 Å². The third kappa shape index (κ3) is 4.68. The second-order valence-corrected chi connectivity index (χ2v) is 6.88. The van der Waals surface area contributed by atoms with Crippen LogP contribution < -0.4 is 10.6 Å². The molecule has 1 aromatic heterocycles. The van der Waals surface area contributed by atoms with Gasteiger partial charge in [0.05, 0.1) is 6.04 Å². The molecule has 0 unspecified atom stereocenters. The predicted octanol–water partition coefficient (Wildman–Crippen LogP) is 1.52. The Hall–Kier alpha value is -1.60. The smallest absolute Gasteiger partial charge is 0.317 e. The molecule has 1 aromatic rings. The van der Waals surface area contributed by atoms with Crippen LogP contribution in [0.4, 0.5) is 4.79 Å². The molecule has 1 aliphatic rings. The Morgan fingerprint density at radius 3 is 2.61 bits per heavy atom.